The van der Waals surface area contributed by atoms with E-state index in [9.17, 15) is 9.59 Å². The van der Waals surface area contributed by atoms with Crippen LogP contribution in [0, 0.1) is 12.8 Å². The molecule has 2 aliphatic rings. The topological polar surface area (TPSA) is 62.3 Å². The van der Waals surface area contributed by atoms with Crippen LogP contribution in [0.25, 0.3) is 0 Å². The van der Waals surface area contributed by atoms with E-state index in [2.05, 4.69) is 10.3 Å². The molecule has 1 aromatic heterocycles. The number of aromatic nitrogens is 1. The standard InChI is InChI=1S/C14H19N3O2S/c1-9-15-7-11(20-9)8-17-6-5-12(18)16-14(2,13(17)19)10-3-4-10/h7,10H,3-6,8H2,1-2H3,(H,16,18). The predicted octanol–water partition coefficient (Wildman–Crippen LogP) is 1.47. The molecule has 108 valence electrons. The largest absolute Gasteiger partial charge is 0.342 e. The fraction of sp³-hybridized carbons (Fsp3) is 0.643. The van der Waals surface area contributed by atoms with Gasteiger partial charge in [-0.1, -0.05) is 0 Å². The number of aryl methyl sites for hydroxylation is 1. The molecule has 2 heterocycles. The van der Waals surface area contributed by atoms with Crippen molar-refractivity contribution in [3.63, 3.8) is 0 Å². The van der Waals surface area contributed by atoms with E-state index >= 15 is 0 Å². The third kappa shape index (κ3) is 2.44. The van der Waals surface area contributed by atoms with Gasteiger partial charge in [0, 0.05) is 24.0 Å². The fourth-order valence-electron chi connectivity index (χ4n) is 2.83. The van der Waals surface area contributed by atoms with Gasteiger partial charge < -0.3 is 10.2 Å². The summed E-state index contributed by atoms with van der Waals surface area (Å²) in [5.74, 6) is 0.329. The Labute approximate surface area is 122 Å². The van der Waals surface area contributed by atoms with Crippen molar-refractivity contribution in [3.05, 3.63) is 16.1 Å². The van der Waals surface area contributed by atoms with Gasteiger partial charge in [0.15, 0.2) is 0 Å². The molecule has 1 aliphatic heterocycles. The molecule has 0 aromatic carbocycles. The van der Waals surface area contributed by atoms with Crippen LogP contribution in [0.1, 0.15) is 36.1 Å². The van der Waals surface area contributed by atoms with Crippen molar-refractivity contribution < 1.29 is 9.59 Å². The molecule has 6 heteroatoms. The smallest absolute Gasteiger partial charge is 0.248 e. The first-order valence-electron chi connectivity index (χ1n) is 7.01. The summed E-state index contributed by atoms with van der Waals surface area (Å²) >= 11 is 1.60. The minimum absolute atomic E-state index is 0.0178. The predicted molar refractivity (Wildman–Crippen MR) is 76.2 cm³/mol. The van der Waals surface area contributed by atoms with E-state index in [-0.39, 0.29) is 11.8 Å². The normalized spacial score (nSPS) is 27.4. The number of amides is 2. The van der Waals surface area contributed by atoms with Crippen molar-refractivity contribution in [2.24, 2.45) is 5.92 Å². The lowest BCUT2D eigenvalue weighted by atomic mass is 9.94. The Morgan fingerprint density at radius 1 is 1.50 bits per heavy atom. The highest BCUT2D eigenvalue weighted by molar-refractivity contribution is 7.11. The minimum atomic E-state index is -0.715. The second kappa shape index (κ2) is 4.84. The third-order valence-corrected chi connectivity index (χ3v) is 5.05. The van der Waals surface area contributed by atoms with Gasteiger partial charge in [0.25, 0.3) is 0 Å². The molecule has 1 unspecified atom stereocenters. The number of rotatable bonds is 3. The van der Waals surface area contributed by atoms with E-state index in [4.69, 9.17) is 0 Å². The monoisotopic (exact) mass is 293 g/mol. The number of hydrogen-bond acceptors (Lipinski definition) is 4. The zero-order valence-electron chi connectivity index (χ0n) is 11.8. The van der Waals surface area contributed by atoms with Crippen molar-refractivity contribution in [1.29, 1.82) is 0 Å². The summed E-state index contributed by atoms with van der Waals surface area (Å²) in [4.78, 5) is 31.8. The number of nitrogens with one attached hydrogen (secondary N) is 1. The Morgan fingerprint density at radius 3 is 2.85 bits per heavy atom. The third-order valence-electron chi connectivity index (χ3n) is 4.15. The van der Waals surface area contributed by atoms with Gasteiger partial charge in [0.1, 0.15) is 5.54 Å². The molecule has 0 spiro atoms. The lowest BCUT2D eigenvalue weighted by Gasteiger charge is -2.32. The molecule has 2 amide bonds. The van der Waals surface area contributed by atoms with Crippen molar-refractivity contribution in [1.82, 2.24) is 15.2 Å². The lowest BCUT2D eigenvalue weighted by molar-refractivity contribution is -0.139. The summed E-state index contributed by atoms with van der Waals surface area (Å²) < 4.78 is 0. The molecule has 3 rings (SSSR count). The van der Waals surface area contributed by atoms with Gasteiger partial charge in [-0.2, -0.15) is 0 Å². The van der Waals surface area contributed by atoms with Crippen LogP contribution < -0.4 is 5.32 Å². The molecule has 1 atom stereocenters. The quantitative estimate of drug-likeness (QED) is 0.918. The zero-order chi connectivity index (χ0) is 14.3. The molecule has 5 nitrogen and oxygen atoms in total. The Balaban J connectivity index is 1.82. The second-order valence-corrected chi connectivity index (χ2v) is 7.17. The summed E-state index contributed by atoms with van der Waals surface area (Å²) in [6.07, 6.45) is 4.25. The highest BCUT2D eigenvalue weighted by Gasteiger charge is 2.51. The van der Waals surface area contributed by atoms with Crippen LogP contribution in [0.2, 0.25) is 0 Å². The Kier molecular flexibility index (Phi) is 3.28. The van der Waals surface area contributed by atoms with Crippen molar-refractivity contribution in [2.45, 2.75) is 45.2 Å². The molecule has 1 saturated heterocycles. The number of carbonyl (C=O) groups excluding carboxylic acids is 2. The van der Waals surface area contributed by atoms with Crippen LogP contribution >= 0.6 is 11.3 Å². The first-order valence-corrected chi connectivity index (χ1v) is 7.82. The molecular formula is C14H19N3O2S. The van der Waals surface area contributed by atoms with E-state index in [0.29, 0.717) is 25.4 Å². The van der Waals surface area contributed by atoms with E-state index in [0.717, 1.165) is 22.7 Å². The number of thiazole rings is 1. The van der Waals surface area contributed by atoms with Crippen LogP contribution in [0.15, 0.2) is 6.20 Å². The first kappa shape index (κ1) is 13.5. The average Bonchev–Trinajstić information content (AvgIpc) is 3.18. The SMILES string of the molecule is Cc1ncc(CN2CCC(=O)NC(C)(C3CC3)C2=O)s1. The summed E-state index contributed by atoms with van der Waals surface area (Å²) in [6.45, 7) is 4.88. The Bertz CT molecular complexity index is 552. The van der Waals surface area contributed by atoms with Crippen LogP contribution in [0.4, 0.5) is 0 Å². The molecule has 2 fully saturated rings. The molecule has 1 N–H and O–H groups in total. The fourth-order valence-corrected chi connectivity index (χ4v) is 3.64. The van der Waals surface area contributed by atoms with E-state index in [1.165, 1.54) is 0 Å². The van der Waals surface area contributed by atoms with Gasteiger partial charge >= 0.3 is 0 Å². The summed E-state index contributed by atoms with van der Waals surface area (Å²) in [5.41, 5.74) is -0.715. The Morgan fingerprint density at radius 2 is 2.25 bits per heavy atom. The van der Waals surface area contributed by atoms with Crippen LogP contribution in [0.5, 0.6) is 0 Å². The van der Waals surface area contributed by atoms with Crippen molar-refractivity contribution in [3.8, 4) is 0 Å². The Hall–Kier alpha value is -1.43. The van der Waals surface area contributed by atoms with Crippen molar-refractivity contribution >= 4 is 23.2 Å². The van der Waals surface area contributed by atoms with Gasteiger partial charge in [-0.15, -0.1) is 11.3 Å². The van der Waals surface area contributed by atoms with E-state index in [1.54, 1.807) is 11.3 Å². The lowest BCUT2D eigenvalue weighted by Crippen LogP contribution is -2.56. The maximum Gasteiger partial charge on any atom is 0.248 e. The van der Waals surface area contributed by atoms with Gasteiger partial charge in [0.2, 0.25) is 11.8 Å². The second-order valence-electron chi connectivity index (χ2n) is 5.85. The molecule has 20 heavy (non-hydrogen) atoms. The molecule has 0 bridgehead atoms. The highest BCUT2D eigenvalue weighted by Crippen LogP contribution is 2.41. The van der Waals surface area contributed by atoms with Gasteiger partial charge in [-0.25, -0.2) is 4.98 Å². The van der Waals surface area contributed by atoms with Crippen LogP contribution in [-0.4, -0.2) is 33.8 Å². The summed E-state index contributed by atoms with van der Waals surface area (Å²) in [5, 5.41) is 3.95. The average molecular weight is 293 g/mol. The molecular weight excluding hydrogens is 274 g/mol. The van der Waals surface area contributed by atoms with E-state index < -0.39 is 5.54 Å². The molecule has 1 aliphatic carbocycles. The number of hydrogen-bond donors (Lipinski definition) is 1. The molecule has 1 aromatic rings. The minimum Gasteiger partial charge on any atom is -0.342 e. The number of nitrogens with zero attached hydrogens (tertiary/aromatic N) is 2. The maximum atomic E-state index is 12.8. The van der Waals surface area contributed by atoms with Gasteiger partial charge in [0.05, 0.1) is 11.6 Å². The molecule has 1 saturated carbocycles. The summed E-state index contributed by atoms with van der Waals surface area (Å²) in [6, 6.07) is 0. The highest BCUT2D eigenvalue weighted by atomic mass is 32.1. The van der Waals surface area contributed by atoms with Crippen LogP contribution in [0.3, 0.4) is 0 Å². The van der Waals surface area contributed by atoms with Gasteiger partial charge in [-0.05, 0) is 32.6 Å². The van der Waals surface area contributed by atoms with Gasteiger partial charge in [-0.3, -0.25) is 9.59 Å². The maximum absolute atomic E-state index is 12.8. The zero-order valence-corrected chi connectivity index (χ0v) is 12.6. The number of carbonyl (C=O) groups is 2. The molecule has 0 radical (unpaired) electrons. The first-order chi connectivity index (χ1) is 9.49. The summed E-state index contributed by atoms with van der Waals surface area (Å²) in [7, 11) is 0. The van der Waals surface area contributed by atoms with E-state index in [1.807, 2.05) is 24.9 Å². The van der Waals surface area contributed by atoms with Crippen molar-refractivity contribution in [2.75, 3.05) is 6.54 Å². The van der Waals surface area contributed by atoms with Crippen LogP contribution in [-0.2, 0) is 16.1 Å².